The molecule has 0 amide bonds. The third-order valence-corrected chi connectivity index (χ3v) is 3.36. The second kappa shape index (κ2) is 4.11. The Morgan fingerprint density at radius 3 is 2.75 bits per heavy atom. The fourth-order valence-electron chi connectivity index (χ4n) is 1.77. The second-order valence-corrected chi connectivity index (χ2v) is 5.77. The van der Waals surface area contributed by atoms with Crippen LogP contribution < -0.4 is 5.32 Å². The zero-order valence-electron chi connectivity index (χ0n) is 10.9. The van der Waals surface area contributed by atoms with Crippen LogP contribution in [0.15, 0.2) is 6.20 Å². The monoisotopic (exact) mass is 221 g/mol. The Balaban J connectivity index is 2.11. The highest BCUT2D eigenvalue weighted by atomic mass is 15.2. The summed E-state index contributed by atoms with van der Waals surface area (Å²) >= 11 is 0. The number of nitrogens with zero attached hydrogens (tertiary/aromatic N) is 2. The van der Waals surface area contributed by atoms with Crippen molar-refractivity contribution in [3.05, 3.63) is 11.9 Å². The summed E-state index contributed by atoms with van der Waals surface area (Å²) < 4.78 is 2.27. The largest absolute Gasteiger partial charge is 0.353 e. The van der Waals surface area contributed by atoms with E-state index in [-0.39, 0.29) is 0 Å². The summed E-state index contributed by atoms with van der Waals surface area (Å²) in [4.78, 5) is 4.56. The van der Waals surface area contributed by atoms with E-state index in [0.717, 1.165) is 18.2 Å². The van der Waals surface area contributed by atoms with Gasteiger partial charge in [-0.15, -0.1) is 0 Å². The molecule has 0 bridgehead atoms. The molecule has 0 unspecified atom stereocenters. The summed E-state index contributed by atoms with van der Waals surface area (Å²) in [6.07, 6.45) is 5.93. The molecule has 1 aromatic rings. The molecule has 90 valence electrons. The zero-order chi connectivity index (χ0) is 11.8. The molecule has 1 fully saturated rings. The van der Waals surface area contributed by atoms with Crippen LogP contribution in [0.25, 0.3) is 0 Å². The zero-order valence-corrected chi connectivity index (χ0v) is 10.9. The molecule has 3 heteroatoms. The highest BCUT2D eigenvalue weighted by Crippen LogP contribution is 2.28. The number of rotatable bonds is 5. The first kappa shape index (κ1) is 11.5. The number of aryl methyl sites for hydroxylation is 1. The molecule has 0 aromatic carbocycles. The lowest BCUT2D eigenvalue weighted by molar-refractivity contribution is 0.296. The topological polar surface area (TPSA) is 29.9 Å². The van der Waals surface area contributed by atoms with Crippen molar-refractivity contribution in [2.45, 2.75) is 59.5 Å². The van der Waals surface area contributed by atoms with Gasteiger partial charge in [-0.25, -0.2) is 4.98 Å². The van der Waals surface area contributed by atoms with E-state index < -0.39 is 0 Å². The number of nitrogens with one attached hydrogen (secondary N) is 1. The minimum absolute atomic E-state index is 0.340. The predicted molar refractivity (Wildman–Crippen MR) is 67.7 cm³/mol. The van der Waals surface area contributed by atoms with Crippen molar-refractivity contribution in [3.8, 4) is 0 Å². The van der Waals surface area contributed by atoms with Crippen LogP contribution in [0.4, 0.5) is 5.95 Å². The van der Waals surface area contributed by atoms with E-state index in [9.17, 15) is 0 Å². The maximum atomic E-state index is 4.56. The fourth-order valence-corrected chi connectivity index (χ4v) is 1.77. The van der Waals surface area contributed by atoms with Gasteiger partial charge in [0.1, 0.15) is 0 Å². The molecule has 16 heavy (non-hydrogen) atoms. The van der Waals surface area contributed by atoms with E-state index in [0.29, 0.717) is 11.5 Å². The van der Waals surface area contributed by atoms with Crippen LogP contribution in [-0.2, 0) is 6.54 Å². The fraction of sp³-hybridized carbons (Fsp3) is 0.769. The summed E-state index contributed by atoms with van der Waals surface area (Å²) in [5.74, 6) is 1.06. The Morgan fingerprint density at radius 1 is 1.50 bits per heavy atom. The minimum atomic E-state index is 0.340. The van der Waals surface area contributed by atoms with Crippen molar-refractivity contribution in [1.29, 1.82) is 0 Å². The van der Waals surface area contributed by atoms with Gasteiger partial charge in [0.2, 0.25) is 5.95 Å². The molecule has 1 aliphatic carbocycles. The highest BCUT2D eigenvalue weighted by molar-refractivity contribution is 5.32. The molecule has 1 aliphatic rings. The lowest BCUT2D eigenvalue weighted by Crippen LogP contribution is -2.20. The van der Waals surface area contributed by atoms with Crippen LogP contribution in [0.1, 0.15) is 45.7 Å². The van der Waals surface area contributed by atoms with Crippen molar-refractivity contribution in [2.75, 3.05) is 5.32 Å². The Morgan fingerprint density at radius 2 is 2.19 bits per heavy atom. The number of hydrogen-bond donors (Lipinski definition) is 1. The molecule has 0 radical (unpaired) electrons. The molecule has 0 aliphatic heterocycles. The maximum absolute atomic E-state index is 4.56. The molecule has 0 atom stereocenters. The van der Waals surface area contributed by atoms with E-state index in [1.54, 1.807) is 0 Å². The van der Waals surface area contributed by atoms with E-state index in [1.165, 1.54) is 19.3 Å². The molecular formula is C13H23N3. The highest BCUT2D eigenvalue weighted by Gasteiger charge is 2.24. The Hall–Kier alpha value is -0.990. The van der Waals surface area contributed by atoms with E-state index in [2.05, 4.69) is 48.8 Å². The van der Waals surface area contributed by atoms with Gasteiger partial charge in [0, 0.05) is 18.8 Å². The standard InChI is InChI=1S/C13H23N3/c1-5-13(3,4)9-16-8-10(2)14-12(16)15-11-6-7-11/h8,11H,5-7,9H2,1-4H3,(H,14,15). The van der Waals surface area contributed by atoms with Gasteiger partial charge < -0.3 is 9.88 Å². The summed E-state index contributed by atoms with van der Waals surface area (Å²) in [6, 6.07) is 0.672. The Kier molecular flexibility index (Phi) is 2.96. The maximum Gasteiger partial charge on any atom is 0.203 e. The van der Waals surface area contributed by atoms with Gasteiger partial charge in [0.15, 0.2) is 0 Å². The normalized spacial score (nSPS) is 16.5. The van der Waals surface area contributed by atoms with E-state index in [1.807, 2.05) is 0 Å². The van der Waals surface area contributed by atoms with Crippen LogP contribution >= 0.6 is 0 Å². The molecule has 1 aromatic heterocycles. The van der Waals surface area contributed by atoms with Gasteiger partial charge in [-0.1, -0.05) is 20.8 Å². The van der Waals surface area contributed by atoms with Crippen molar-refractivity contribution in [1.82, 2.24) is 9.55 Å². The smallest absolute Gasteiger partial charge is 0.203 e. The van der Waals surface area contributed by atoms with Gasteiger partial charge in [0.05, 0.1) is 5.69 Å². The van der Waals surface area contributed by atoms with Crippen LogP contribution in [-0.4, -0.2) is 15.6 Å². The quantitative estimate of drug-likeness (QED) is 0.827. The SMILES string of the molecule is CCC(C)(C)Cn1cc(C)nc1NC1CC1. The molecule has 1 heterocycles. The summed E-state index contributed by atoms with van der Waals surface area (Å²) in [6.45, 7) is 9.97. The number of anilines is 1. The second-order valence-electron chi connectivity index (χ2n) is 5.77. The summed E-state index contributed by atoms with van der Waals surface area (Å²) in [5, 5.41) is 3.50. The van der Waals surface area contributed by atoms with Crippen LogP contribution in [0.2, 0.25) is 0 Å². The average Bonchev–Trinajstić information content (AvgIpc) is 2.93. The van der Waals surface area contributed by atoms with Crippen LogP contribution in [0.3, 0.4) is 0 Å². The Labute approximate surface area is 98.3 Å². The first-order valence-corrected chi connectivity index (χ1v) is 6.30. The molecule has 1 saturated carbocycles. The Bertz CT molecular complexity index is 361. The molecule has 2 rings (SSSR count). The molecule has 1 N–H and O–H groups in total. The third-order valence-electron chi connectivity index (χ3n) is 3.36. The van der Waals surface area contributed by atoms with E-state index in [4.69, 9.17) is 0 Å². The number of aromatic nitrogens is 2. The van der Waals surface area contributed by atoms with Crippen molar-refractivity contribution >= 4 is 5.95 Å². The lowest BCUT2D eigenvalue weighted by atomic mass is 9.90. The van der Waals surface area contributed by atoms with Crippen LogP contribution in [0.5, 0.6) is 0 Å². The van der Waals surface area contributed by atoms with Gasteiger partial charge in [-0.05, 0) is 31.6 Å². The predicted octanol–water partition coefficient (Wildman–Crippen LogP) is 3.20. The minimum Gasteiger partial charge on any atom is -0.353 e. The van der Waals surface area contributed by atoms with Crippen molar-refractivity contribution < 1.29 is 0 Å². The molecular weight excluding hydrogens is 198 g/mol. The van der Waals surface area contributed by atoms with Gasteiger partial charge in [-0.2, -0.15) is 0 Å². The number of hydrogen-bond acceptors (Lipinski definition) is 2. The average molecular weight is 221 g/mol. The first-order chi connectivity index (χ1) is 7.50. The van der Waals surface area contributed by atoms with E-state index >= 15 is 0 Å². The van der Waals surface area contributed by atoms with Gasteiger partial charge in [0.25, 0.3) is 0 Å². The lowest BCUT2D eigenvalue weighted by Gasteiger charge is -2.24. The van der Waals surface area contributed by atoms with Crippen molar-refractivity contribution in [3.63, 3.8) is 0 Å². The van der Waals surface area contributed by atoms with Gasteiger partial charge >= 0.3 is 0 Å². The molecule has 0 spiro atoms. The number of imidazole rings is 1. The third kappa shape index (κ3) is 2.77. The van der Waals surface area contributed by atoms with Crippen molar-refractivity contribution in [2.24, 2.45) is 5.41 Å². The summed E-state index contributed by atoms with van der Waals surface area (Å²) in [5.41, 5.74) is 1.45. The molecule has 0 saturated heterocycles. The molecule has 3 nitrogen and oxygen atoms in total. The summed E-state index contributed by atoms with van der Waals surface area (Å²) in [7, 11) is 0. The van der Waals surface area contributed by atoms with Crippen LogP contribution in [0, 0.1) is 12.3 Å². The first-order valence-electron chi connectivity index (χ1n) is 6.30. The van der Waals surface area contributed by atoms with Gasteiger partial charge in [-0.3, -0.25) is 0 Å².